The SMILES string of the molecule is C/N=C\C(Cc1ccccc1)NC(=O)[C@@H](NC(=O)OCc1ccccc1)C(C)C. The maximum absolute atomic E-state index is 12.8. The molecule has 0 saturated carbocycles. The van der Waals surface area contributed by atoms with Gasteiger partial charge in [0.1, 0.15) is 12.6 Å². The minimum absolute atomic E-state index is 0.102. The highest BCUT2D eigenvalue weighted by atomic mass is 16.5. The molecule has 2 aromatic rings. The molecule has 0 aliphatic carbocycles. The fourth-order valence-electron chi connectivity index (χ4n) is 2.89. The number of aliphatic imine (C=N–C) groups is 1. The zero-order valence-corrected chi connectivity index (χ0v) is 17.2. The van der Waals surface area contributed by atoms with E-state index < -0.39 is 12.1 Å². The third-order valence-electron chi connectivity index (χ3n) is 4.39. The molecule has 2 N–H and O–H groups in total. The summed E-state index contributed by atoms with van der Waals surface area (Å²) in [5, 5.41) is 5.65. The molecule has 29 heavy (non-hydrogen) atoms. The Balaban J connectivity index is 1.94. The van der Waals surface area contributed by atoms with Gasteiger partial charge in [-0.05, 0) is 23.5 Å². The second-order valence-corrected chi connectivity index (χ2v) is 7.14. The normalized spacial score (nSPS) is 13.1. The molecular weight excluding hydrogens is 366 g/mol. The van der Waals surface area contributed by atoms with Crippen molar-refractivity contribution in [3.63, 3.8) is 0 Å². The van der Waals surface area contributed by atoms with Gasteiger partial charge in [-0.1, -0.05) is 74.5 Å². The second-order valence-electron chi connectivity index (χ2n) is 7.14. The maximum Gasteiger partial charge on any atom is 0.408 e. The Morgan fingerprint density at radius 2 is 1.55 bits per heavy atom. The Labute approximate surface area is 172 Å². The Morgan fingerprint density at radius 1 is 0.966 bits per heavy atom. The molecule has 2 amide bonds. The number of carbonyl (C=O) groups excluding carboxylic acids is 2. The van der Waals surface area contributed by atoms with Crippen molar-refractivity contribution in [2.45, 2.75) is 39.0 Å². The summed E-state index contributed by atoms with van der Waals surface area (Å²) in [4.78, 5) is 29.1. The number of carbonyl (C=O) groups is 2. The van der Waals surface area contributed by atoms with E-state index in [2.05, 4.69) is 15.6 Å². The summed E-state index contributed by atoms with van der Waals surface area (Å²) in [7, 11) is 1.67. The first kappa shape index (κ1) is 22.1. The van der Waals surface area contributed by atoms with Crippen LogP contribution in [0, 0.1) is 5.92 Å². The number of ether oxygens (including phenoxy) is 1. The number of hydrogen-bond donors (Lipinski definition) is 2. The largest absolute Gasteiger partial charge is 0.445 e. The summed E-state index contributed by atoms with van der Waals surface area (Å²) < 4.78 is 5.25. The molecule has 0 bridgehead atoms. The third-order valence-corrected chi connectivity index (χ3v) is 4.39. The first-order valence-corrected chi connectivity index (χ1v) is 9.73. The van der Waals surface area contributed by atoms with E-state index >= 15 is 0 Å². The summed E-state index contributed by atoms with van der Waals surface area (Å²) in [5.74, 6) is -0.368. The van der Waals surface area contributed by atoms with Crippen LogP contribution in [0.1, 0.15) is 25.0 Å². The number of nitrogens with one attached hydrogen (secondary N) is 2. The third kappa shape index (κ3) is 7.78. The molecule has 0 fully saturated rings. The van der Waals surface area contributed by atoms with Crippen molar-refractivity contribution < 1.29 is 14.3 Å². The molecule has 0 aliphatic rings. The maximum atomic E-state index is 12.8. The Morgan fingerprint density at radius 3 is 2.10 bits per heavy atom. The lowest BCUT2D eigenvalue weighted by Gasteiger charge is -2.24. The van der Waals surface area contributed by atoms with Crippen LogP contribution >= 0.6 is 0 Å². The highest BCUT2D eigenvalue weighted by molar-refractivity contribution is 5.88. The lowest BCUT2D eigenvalue weighted by molar-refractivity contribution is -0.124. The van der Waals surface area contributed by atoms with Gasteiger partial charge in [-0.25, -0.2) is 4.79 Å². The predicted molar refractivity (Wildman–Crippen MR) is 115 cm³/mol. The monoisotopic (exact) mass is 395 g/mol. The minimum atomic E-state index is -0.707. The molecule has 0 radical (unpaired) electrons. The number of nitrogens with zero attached hydrogens (tertiary/aromatic N) is 1. The smallest absolute Gasteiger partial charge is 0.408 e. The number of alkyl carbamates (subject to hydrolysis) is 1. The Kier molecular flexibility index (Phi) is 8.89. The lowest BCUT2D eigenvalue weighted by Crippen LogP contribution is -2.53. The van der Waals surface area contributed by atoms with E-state index in [-0.39, 0.29) is 24.5 Å². The fourth-order valence-corrected chi connectivity index (χ4v) is 2.89. The van der Waals surface area contributed by atoms with Crippen molar-refractivity contribution in [2.75, 3.05) is 7.05 Å². The number of benzene rings is 2. The molecule has 0 saturated heterocycles. The molecule has 0 spiro atoms. The van der Waals surface area contributed by atoms with Crippen LogP contribution in [-0.2, 0) is 22.6 Å². The summed E-state index contributed by atoms with van der Waals surface area (Å²) in [5.41, 5.74) is 1.98. The Hall–Kier alpha value is -3.15. The predicted octanol–water partition coefficient (Wildman–Crippen LogP) is 3.37. The molecule has 2 atom stereocenters. The van der Waals surface area contributed by atoms with Crippen LogP contribution in [0.3, 0.4) is 0 Å². The van der Waals surface area contributed by atoms with E-state index in [9.17, 15) is 9.59 Å². The fraction of sp³-hybridized carbons (Fsp3) is 0.348. The number of rotatable bonds is 9. The van der Waals surface area contributed by atoms with Crippen LogP contribution in [-0.4, -0.2) is 37.3 Å². The summed E-state index contributed by atoms with van der Waals surface area (Å²) in [6, 6.07) is 18.3. The van der Waals surface area contributed by atoms with Crippen molar-refractivity contribution in [2.24, 2.45) is 10.9 Å². The van der Waals surface area contributed by atoms with Gasteiger partial charge in [-0.3, -0.25) is 9.79 Å². The van der Waals surface area contributed by atoms with Crippen molar-refractivity contribution in [1.29, 1.82) is 0 Å². The average molecular weight is 396 g/mol. The highest BCUT2D eigenvalue weighted by Crippen LogP contribution is 2.07. The standard InChI is InChI=1S/C23H29N3O3/c1-17(2)21(26-23(28)29-16-19-12-8-5-9-13-19)22(27)25-20(15-24-3)14-18-10-6-4-7-11-18/h4-13,15,17,20-21H,14,16H2,1-3H3,(H,25,27)(H,26,28)/b24-15-/t20?,21-/m0/s1. The zero-order chi connectivity index (χ0) is 21.1. The first-order valence-electron chi connectivity index (χ1n) is 9.73. The molecule has 0 heterocycles. The van der Waals surface area contributed by atoms with Crippen LogP contribution in [0.5, 0.6) is 0 Å². The first-order chi connectivity index (χ1) is 14.0. The van der Waals surface area contributed by atoms with Crippen LogP contribution in [0.2, 0.25) is 0 Å². The molecule has 2 aromatic carbocycles. The van der Waals surface area contributed by atoms with E-state index in [1.165, 1.54) is 0 Å². The molecule has 1 unspecified atom stereocenters. The topological polar surface area (TPSA) is 79.8 Å². The number of hydrogen-bond acceptors (Lipinski definition) is 4. The second kappa shape index (κ2) is 11.6. The van der Waals surface area contributed by atoms with Crippen LogP contribution < -0.4 is 10.6 Å². The molecule has 154 valence electrons. The van der Waals surface area contributed by atoms with Crippen molar-refractivity contribution in [3.05, 3.63) is 71.8 Å². The summed E-state index contributed by atoms with van der Waals surface area (Å²) in [6.07, 6.45) is 1.70. The van der Waals surface area contributed by atoms with E-state index in [4.69, 9.17) is 4.74 Å². The van der Waals surface area contributed by atoms with Gasteiger partial charge in [0.2, 0.25) is 5.91 Å². The minimum Gasteiger partial charge on any atom is -0.445 e. The van der Waals surface area contributed by atoms with E-state index in [1.54, 1.807) is 13.3 Å². The van der Waals surface area contributed by atoms with E-state index in [0.29, 0.717) is 6.42 Å². The van der Waals surface area contributed by atoms with Gasteiger partial charge in [0.05, 0.1) is 6.04 Å². The van der Waals surface area contributed by atoms with Crippen molar-refractivity contribution >= 4 is 18.2 Å². The van der Waals surface area contributed by atoms with Gasteiger partial charge in [-0.15, -0.1) is 0 Å². The molecule has 2 rings (SSSR count). The van der Waals surface area contributed by atoms with Gasteiger partial charge in [0, 0.05) is 13.3 Å². The average Bonchev–Trinajstić information content (AvgIpc) is 2.72. The molecule has 6 heteroatoms. The number of amides is 2. The Bertz CT molecular complexity index is 792. The van der Waals surface area contributed by atoms with Crippen molar-refractivity contribution in [3.8, 4) is 0 Å². The molecular formula is C23H29N3O3. The van der Waals surface area contributed by atoms with Gasteiger partial charge in [0.15, 0.2) is 0 Å². The van der Waals surface area contributed by atoms with Gasteiger partial charge >= 0.3 is 6.09 Å². The van der Waals surface area contributed by atoms with Gasteiger partial charge in [0.25, 0.3) is 0 Å². The van der Waals surface area contributed by atoms with Crippen molar-refractivity contribution in [1.82, 2.24) is 10.6 Å². The quantitative estimate of drug-likeness (QED) is 0.639. The van der Waals surface area contributed by atoms with Crippen LogP contribution in [0.25, 0.3) is 0 Å². The zero-order valence-electron chi connectivity index (χ0n) is 17.2. The lowest BCUT2D eigenvalue weighted by atomic mass is 10.0. The van der Waals surface area contributed by atoms with Gasteiger partial charge in [-0.2, -0.15) is 0 Å². The highest BCUT2D eigenvalue weighted by Gasteiger charge is 2.26. The van der Waals surface area contributed by atoms with Crippen LogP contribution in [0.15, 0.2) is 65.7 Å². The molecule has 0 aliphatic heterocycles. The van der Waals surface area contributed by atoms with E-state index in [1.807, 2.05) is 74.5 Å². The van der Waals surface area contributed by atoms with Crippen LogP contribution in [0.4, 0.5) is 4.79 Å². The summed E-state index contributed by atoms with van der Waals surface area (Å²) >= 11 is 0. The van der Waals surface area contributed by atoms with Gasteiger partial charge < -0.3 is 15.4 Å². The molecule has 6 nitrogen and oxygen atoms in total. The molecule has 0 aromatic heterocycles. The summed E-state index contributed by atoms with van der Waals surface area (Å²) in [6.45, 7) is 3.90. The van der Waals surface area contributed by atoms with E-state index in [0.717, 1.165) is 11.1 Å².